The normalized spacial score (nSPS) is 14.9. The minimum atomic E-state index is -1.28. The summed E-state index contributed by atoms with van der Waals surface area (Å²) >= 11 is 6.37. The SMILES string of the molecule is CCc1ccc(C(C(=O)Nc2c(C)cccc2Cl)N(C(=O)C(CO)NC(=O)OC(C)(C)C)C2CC2)cc1. The number of alkyl carbamates (subject to hydrolysis) is 1. The number of aliphatic hydroxyl groups is 1. The number of aliphatic hydroxyl groups excluding tert-OH is 1. The Labute approximate surface area is 223 Å². The van der Waals surface area contributed by atoms with Crippen molar-refractivity contribution < 1.29 is 24.2 Å². The van der Waals surface area contributed by atoms with Crippen LogP contribution >= 0.6 is 11.6 Å². The van der Waals surface area contributed by atoms with E-state index in [-0.39, 0.29) is 6.04 Å². The number of halogens is 1. The van der Waals surface area contributed by atoms with Crippen LogP contribution in [0.1, 0.15) is 63.3 Å². The summed E-state index contributed by atoms with van der Waals surface area (Å²) < 4.78 is 5.27. The van der Waals surface area contributed by atoms with Crippen LogP contribution in [0.15, 0.2) is 42.5 Å². The molecule has 9 heteroatoms. The highest BCUT2D eigenvalue weighted by atomic mass is 35.5. The second kappa shape index (κ2) is 12.0. The van der Waals surface area contributed by atoms with Crippen LogP contribution in [0.2, 0.25) is 5.02 Å². The number of rotatable bonds is 9. The van der Waals surface area contributed by atoms with Gasteiger partial charge in [-0.05, 0) is 69.7 Å². The number of anilines is 1. The number of carbonyl (C=O) groups excluding carboxylic acids is 3. The highest BCUT2D eigenvalue weighted by molar-refractivity contribution is 6.34. The molecule has 1 saturated carbocycles. The highest BCUT2D eigenvalue weighted by Crippen LogP contribution is 2.37. The van der Waals surface area contributed by atoms with Crippen molar-refractivity contribution in [3.8, 4) is 0 Å². The molecule has 0 bridgehead atoms. The van der Waals surface area contributed by atoms with Crippen molar-refractivity contribution in [1.82, 2.24) is 10.2 Å². The van der Waals surface area contributed by atoms with E-state index in [1.807, 2.05) is 44.2 Å². The first-order valence-corrected chi connectivity index (χ1v) is 12.9. The number of aryl methyl sites for hydroxylation is 2. The maximum atomic E-state index is 13.8. The number of para-hydroxylation sites is 1. The quantitative estimate of drug-likeness (QED) is 0.434. The van der Waals surface area contributed by atoms with E-state index in [9.17, 15) is 19.5 Å². The fourth-order valence-electron chi connectivity index (χ4n) is 4.04. The Morgan fingerprint density at radius 2 is 1.78 bits per heavy atom. The molecular formula is C28H36ClN3O5. The molecule has 37 heavy (non-hydrogen) atoms. The van der Waals surface area contributed by atoms with Crippen LogP contribution in [0, 0.1) is 6.92 Å². The molecule has 2 aromatic carbocycles. The number of ether oxygens (including phenoxy) is 1. The third-order valence-electron chi connectivity index (χ3n) is 6.07. The van der Waals surface area contributed by atoms with Crippen LogP contribution in [0.3, 0.4) is 0 Å². The first kappa shape index (κ1) is 28.5. The molecule has 3 N–H and O–H groups in total. The molecule has 0 saturated heterocycles. The largest absolute Gasteiger partial charge is 0.444 e. The van der Waals surface area contributed by atoms with Gasteiger partial charge in [0.15, 0.2) is 0 Å². The topological polar surface area (TPSA) is 108 Å². The number of hydrogen-bond donors (Lipinski definition) is 3. The van der Waals surface area contributed by atoms with Crippen LogP contribution in [0.5, 0.6) is 0 Å². The van der Waals surface area contributed by atoms with Gasteiger partial charge in [0.1, 0.15) is 17.7 Å². The number of nitrogens with zero attached hydrogens (tertiary/aromatic N) is 1. The minimum absolute atomic E-state index is 0.212. The van der Waals surface area contributed by atoms with Crippen molar-refractivity contribution in [3.63, 3.8) is 0 Å². The van der Waals surface area contributed by atoms with Gasteiger partial charge in [-0.3, -0.25) is 9.59 Å². The molecule has 0 spiro atoms. The molecule has 200 valence electrons. The Morgan fingerprint density at radius 3 is 2.30 bits per heavy atom. The number of nitrogens with one attached hydrogen (secondary N) is 2. The molecule has 2 aromatic rings. The van der Waals surface area contributed by atoms with Crippen molar-refractivity contribution in [2.75, 3.05) is 11.9 Å². The molecular weight excluding hydrogens is 494 g/mol. The molecule has 3 amide bonds. The molecule has 2 atom stereocenters. The lowest BCUT2D eigenvalue weighted by Crippen LogP contribution is -2.54. The Morgan fingerprint density at radius 1 is 1.14 bits per heavy atom. The van der Waals surface area contributed by atoms with E-state index in [2.05, 4.69) is 10.6 Å². The van der Waals surface area contributed by atoms with E-state index in [1.54, 1.807) is 32.9 Å². The molecule has 0 aromatic heterocycles. The van der Waals surface area contributed by atoms with E-state index < -0.39 is 42.2 Å². The number of hydrogen-bond acceptors (Lipinski definition) is 5. The summed E-state index contributed by atoms with van der Waals surface area (Å²) in [7, 11) is 0. The summed E-state index contributed by atoms with van der Waals surface area (Å²) in [5, 5.41) is 15.8. The Balaban J connectivity index is 1.98. The minimum Gasteiger partial charge on any atom is -0.444 e. The van der Waals surface area contributed by atoms with E-state index in [1.165, 1.54) is 4.90 Å². The molecule has 1 aliphatic rings. The van der Waals surface area contributed by atoms with E-state index in [0.29, 0.717) is 29.1 Å². The maximum absolute atomic E-state index is 13.8. The van der Waals surface area contributed by atoms with Crippen molar-refractivity contribution in [3.05, 3.63) is 64.2 Å². The predicted molar refractivity (Wildman–Crippen MR) is 143 cm³/mol. The summed E-state index contributed by atoms with van der Waals surface area (Å²) in [6.45, 7) is 8.34. The molecule has 3 rings (SSSR count). The van der Waals surface area contributed by atoms with Crippen molar-refractivity contribution in [2.45, 2.75) is 77.6 Å². The fourth-order valence-corrected chi connectivity index (χ4v) is 4.31. The third kappa shape index (κ3) is 7.46. The average molecular weight is 530 g/mol. The maximum Gasteiger partial charge on any atom is 0.408 e. The lowest BCUT2D eigenvalue weighted by molar-refractivity contribution is -0.142. The first-order valence-electron chi connectivity index (χ1n) is 12.5. The summed E-state index contributed by atoms with van der Waals surface area (Å²) in [4.78, 5) is 41.5. The third-order valence-corrected chi connectivity index (χ3v) is 6.38. The number of carbonyl (C=O) groups is 3. The molecule has 0 heterocycles. The second-order valence-corrected chi connectivity index (χ2v) is 10.7. The molecule has 1 fully saturated rings. The van der Waals surface area contributed by atoms with E-state index in [4.69, 9.17) is 16.3 Å². The molecule has 2 unspecified atom stereocenters. The van der Waals surface area contributed by atoms with Gasteiger partial charge in [-0.15, -0.1) is 0 Å². The average Bonchev–Trinajstić information content (AvgIpc) is 3.67. The Kier molecular flexibility index (Phi) is 9.21. The van der Waals surface area contributed by atoms with Crippen molar-refractivity contribution >= 4 is 35.2 Å². The lowest BCUT2D eigenvalue weighted by Gasteiger charge is -2.34. The zero-order valence-corrected chi connectivity index (χ0v) is 22.8. The van der Waals surface area contributed by atoms with Gasteiger partial charge in [0.2, 0.25) is 5.91 Å². The standard InChI is InChI=1S/C28H36ClN3O5/c1-6-18-10-12-19(13-11-18)24(25(34)31-23-17(2)8-7-9-21(23)29)32(20-14-15-20)26(35)22(16-33)30-27(36)37-28(3,4)5/h7-13,20,22,24,33H,6,14-16H2,1-5H3,(H,30,36)(H,31,34). The van der Waals surface area contributed by atoms with Gasteiger partial charge in [-0.2, -0.15) is 0 Å². The fraction of sp³-hybridized carbons (Fsp3) is 0.464. The van der Waals surface area contributed by atoms with Crippen LogP contribution in [0.25, 0.3) is 0 Å². The van der Waals surface area contributed by atoms with E-state index in [0.717, 1.165) is 17.5 Å². The van der Waals surface area contributed by atoms with Gasteiger partial charge < -0.3 is 25.4 Å². The van der Waals surface area contributed by atoms with Crippen LogP contribution < -0.4 is 10.6 Å². The second-order valence-electron chi connectivity index (χ2n) is 10.3. The van der Waals surface area contributed by atoms with Crippen LogP contribution in [-0.2, 0) is 20.7 Å². The highest BCUT2D eigenvalue weighted by Gasteiger charge is 2.44. The summed E-state index contributed by atoms with van der Waals surface area (Å²) in [5.74, 6) is -0.999. The summed E-state index contributed by atoms with van der Waals surface area (Å²) in [6, 6.07) is 10.3. The van der Waals surface area contributed by atoms with Gasteiger partial charge >= 0.3 is 6.09 Å². The van der Waals surface area contributed by atoms with Crippen LogP contribution in [-0.4, -0.2) is 52.2 Å². The van der Waals surface area contributed by atoms with Crippen LogP contribution in [0.4, 0.5) is 10.5 Å². The first-order chi connectivity index (χ1) is 17.4. The smallest absolute Gasteiger partial charge is 0.408 e. The van der Waals surface area contributed by atoms with Gasteiger partial charge in [0.05, 0.1) is 17.3 Å². The van der Waals surface area contributed by atoms with Crippen molar-refractivity contribution in [1.29, 1.82) is 0 Å². The summed E-state index contributed by atoms with van der Waals surface area (Å²) in [6.07, 6.45) is 1.42. The predicted octanol–water partition coefficient (Wildman–Crippen LogP) is 4.77. The van der Waals surface area contributed by atoms with Crippen molar-refractivity contribution in [2.24, 2.45) is 0 Å². The number of amides is 3. The Hall–Kier alpha value is -3.10. The molecule has 0 aliphatic heterocycles. The number of benzene rings is 2. The van der Waals surface area contributed by atoms with E-state index >= 15 is 0 Å². The molecule has 0 radical (unpaired) electrons. The lowest BCUT2D eigenvalue weighted by atomic mass is 10.00. The molecule has 8 nitrogen and oxygen atoms in total. The monoisotopic (exact) mass is 529 g/mol. The Bertz CT molecular complexity index is 1110. The zero-order valence-electron chi connectivity index (χ0n) is 22.0. The molecule has 1 aliphatic carbocycles. The van der Waals surface area contributed by atoms with Gasteiger partial charge in [-0.1, -0.05) is 54.9 Å². The van der Waals surface area contributed by atoms with Gasteiger partial charge in [0.25, 0.3) is 5.91 Å². The summed E-state index contributed by atoms with van der Waals surface area (Å²) in [5.41, 5.74) is 2.19. The zero-order chi connectivity index (χ0) is 27.3. The van der Waals surface area contributed by atoms with Gasteiger partial charge in [-0.25, -0.2) is 4.79 Å². The van der Waals surface area contributed by atoms with Gasteiger partial charge in [0, 0.05) is 6.04 Å².